The van der Waals surface area contributed by atoms with Gasteiger partial charge in [0, 0.05) is 6.54 Å². The molecule has 1 aromatic carbocycles. The third kappa shape index (κ3) is 2.97. The van der Waals surface area contributed by atoms with Crippen LogP contribution in [-0.4, -0.2) is 12.3 Å². The number of carbonyl (C=O) groups excluding carboxylic acids is 1. The minimum Gasteiger partial charge on any atom is -0.326 e. The Morgan fingerprint density at radius 1 is 1.23 bits per heavy atom. The van der Waals surface area contributed by atoms with Crippen molar-refractivity contribution in [1.82, 2.24) is 0 Å². The lowest BCUT2D eigenvalue weighted by molar-refractivity contribution is -0.108. The fourth-order valence-electron chi connectivity index (χ4n) is 1.13. The van der Waals surface area contributed by atoms with Crippen molar-refractivity contribution in [2.24, 2.45) is 11.5 Å². The predicted molar refractivity (Wildman–Crippen MR) is 52.1 cm³/mol. The molecule has 1 atom stereocenters. The standard InChI is InChI=1S/C10H14N2O/c11-6-9-3-1-8(2-4-9)5-10(12)7-13/h1-4,7,10H,5-6,11-12H2. The lowest BCUT2D eigenvalue weighted by Gasteiger charge is -2.04. The summed E-state index contributed by atoms with van der Waals surface area (Å²) in [5.74, 6) is 0. The van der Waals surface area contributed by atoms with E-state index in [0.717, 1.165) is 17.4 Å². The average Bonchev–Trinajstić information content (AvgIpc) is 2.19. The molecule has 3 nitrogen and oxygen atoms in total. The number of hydrogen-bond acceptors (Lipinski definition) is 3. The van der Waals surface area contributed by atoms with Crippen LogP contribution in [0.1, 0.15) is 11.1 Å². The van der Waals surface area contributed by atoms with Crippen LogP contribution < -0.4 is 11.5 Å². The van der Waals surface area contributed by atoms with E-state index in [0.29, 0.717) is 13.0 Å². The first-order valence-electron chi connectivity index (χ1n) is 4.25. The zero-order valence-electron chi connectivity index (χ0n) is 7.44. The molecule has 1 aromatic rings. The molecule has 0 aliphatic heterocycles. The van der Waals surface area contributed by atoms with Gasteiger partial charge in [-0.1, -0.05) is 24.3 Å². The highest BCUT2D eigenvalue weighted by atomic mass is 16.1. The summed E-state index contributed by atoms with van der Waals surface area (Å²) in [6, 6.07) is 7.40. The smallest absolute Gasteiger partial charge is 0.137 e. The van der Waals surface area contributed by atoms with Gasteiger partial charge in [0.25, 0.3) is 0 Å². The average molecular weight is 178 g/mol. The van der Waals surface area contributed by atoms with Crippen LogP contribution in [0.5, 0.6) is 0 Å². The van der Waals surface area contributed by atoms with Gasteiger partial charge in [0.05, 0.1) is 6.04 Å². The van der Waals surface area contributed by atoms with E-state index < -0.39 is 6.04 Å². The Hall–Kier alpha value is -1.19. The van der Waals surface area contributed by atoms with E-state index in [9.17, 15) is 4.79 Å². The van der Waals surface area contributed by atoms with E-state index >= 15 is 0 Å². The van der Waals surface area contributed by atoms with Gasteiger partial charge in [0.2, 0.25) is 0 Å². The van der Waals surface area contributed by atoms with Gasteiger partial charge in [-0.25, -0.2) is 0 Å². The Morgan fingerprint density at radius 3 is 2.23 bits per heavy atom. The molecule has 0 aliphatic rings. The van der Waals surface area contributed by atoms with E-state index in [1.165, 1.54) is 0 Å². The summed E-state index contributed by atoms with van der Waals surface area (Å²) >= 11 is 0. The van der Waals surface area contributed by atoms with Crippen molar-refractivity contribution in [2.75, 3.05) is 0 Å². The molecule has 0 amide bonds. The second-order valence-corrected chi connectivity index (χ2v) is 3.02. The zero-order valence-corrected chi connectivity index (χ0v) is 7.44. The van der Waals surface area contributed by atoms with Gasteiger partial charge < -0.3 is 16.3 Å². The molecular weight excluding hydrogens is 164 g/mol. The van der Waals surface area contributed by atoms with Crippen molar-refractivity contribution >= 4 is 6.29 Å². The Morgan fingerprint density at radius 2 is 1.77 bits per heavy atom. The van der Waals surface area contributed by atoms with Gasteiger partial charge >= 0.3 is 0 Å². The van der Waals surface area contributed by atoms with Crippen LogP contribution in [0.3, 0.4) is 0 Å². The van der Waals surface area contributed by atoms with E-state index in [-0.39, 0.29) is 0 Å². The van der Waals surface area contributed by atoms with Crippen molar-refractivity contribution in [1.29, 1.82) is 0 Å². The van der Waals surface area contributed by atoms with Crippen molar-refractivity contribution < 1.29 is 4.79 Å². The number of rotatable bonds is 4. The minimum absolute atomic E-state index is 0.399. The van der Waals surface area contributed by atoms with Gasteiger partial charge in [-0.05, 0) is 17.5 Å². The van der Waals surface area contributed by atoms with Gasteiger partial charge in [0.15, 0.2) is 0 Å². The van der Waals surface area contributed by atoms with Gasteiger partial charge in [-0.3, -0.25) is 0 Å². The number of benzene rings is 1. The molecule has 0 fully saturated rings. The molecule has 70 valence electrons. The lowest BCUT2D eigenvalue weighted by atomic mass is 10.1. The number of carbonyl (C=O) groups is 1. The van der Waals surface area contributed by atoms with Crippen LogP contribution in [0.4, 0.5) is 0 Å². The van der Waals surface area contributed by atoms with Crippen molar-refractivity contribution in [3.05, 3.63) is 35.4 Å². The maximum absolute atomic E-state index is 10.3. The highest BCUT2D eigenvalue weighted by molar-refractivity contribution is 5.57. The normalized spacial score (nSPS) is 12.5. The quantitative estimate of drug-likeness (QED) is 0.648. The maximum Gasteiger partial charge on any atom is 0.137 e. The van der Waals surface area contributed by atoms with Crippen LogP contribution in [0.2, 0.25) is 0 Å². The summed E-state index contributed by atoms with van der Waals surface area (Å²) in [4.78, 5) is 10.3. The first-order valence-corrected chi connectivity index (χ1v) is 4.25. The third-order valence-electron chi connectivity index (χ3n) is 1.90. The van der Waals surface area contributed by atoms with E-state index in [1.807, 2.05) is 24.3 Å². The highest BCUT2D eigenvalue weighted by Gasteiger charge is 2.01. The zero-order chi connectivity index (χ0) is 9.68. The fraction of sp³-hybridized carbons (Fsp3) is 0.300. The van der Waals surface area contributed by atoms with Crippen LogP contribution in [0.15, 0.2) is 24.3 Å². The maximum atomic E-state index is 10.3. The highest BCUT2D eigenvalue weighted by Crippen LogP contribution is 2.05. The topological polar surface area (TPSA) is 69.1 Å². The largest absolute Gasteiger partial charge is 0.326 e. The second-order valence-electron chi connectivity index (χ2n) is 3.02. The summed E-state index contributed by atoms with van der Waals surface area (Å²) in [5, 5.41) is 0. The van der Waals surface area contributed by atoms with Crippen LogP contribution in [0.25, 0.3) is 0 Å². The summed E-state index contributed by atoms with van der Waals surface area (Å²) in [6.45, 7) is 0.542. The Bertz CT molecular complexity index is 269. The molecule has 0 radical (unpaired) electrons. The number of aldehydes is 1. The van der Waals surface area contributed by atoms with E-state index in [2.05, 4.69) is 0 Å². The molecule has 0 aromatic heterocycles. The fourth-order valence-corrected chi connectivity index (χ4v) is 1.13. The molecule has 0 spiro atoms. The van der Waals surface area contributed by atoms with E-state index in [4.69, 9.17) is 11.5 Å². The molecule has 0 heterocycles. The van der Waals surface area contributed by atoms with Gasteiger partial charge in [0.1, 0.15) is 6.29 Å². The number of hydrogen-bond donors (Lipinski definition) is 2. The van der Waals surface area contributed by atoms with Crippen molar-refractivity contribution in [2.45, 2.75) is 19.0 Å². The third-order valence-corrected chi connectivity index (χ3v) is 1.90. The molecule has 0 saturated heterocycles. The van der Waals surface area contributed by atoms with Crippen LogP contribution in [0, 0.1) is 0 Å². The molecule has 3 heteroatoms. The Kier molecular flexibility index (Phi) is 3.61. The molecule has 1 rings (SSSR count). The first-order chi connectivity index (χ1) is 6.26. The van der Waals surface area contributed by atoms with Gasteiger partial charge in [-0.2, -0.15) is 0 Å². The summed E-state index contributed by atoms with van der Waals surface area (Å²) in [6.07, 6.45) is 1.35. The molecule has 0 saturated carbocycles. The summed E-state index contributed by atoms with van der Waals surface area (Å²) < 4.78 is 0. The molecular formula is C10H14N2O. The summed E-state index contributed by atoms with van der Waals surface area (Å²) in [7, 11) is 0. The molecule has 13 heavy (non-hydrogen) atoms. The molecule has 0 bridgehead atoms. The Labute approximate surface area is 77.7 Å². The van der Waals surface area contributed by atoms with Crippen LogP contribution in [-0.2, 0) is 17.8 Å². The monoisotopic (exact) mass is 178 g/mol. The first kappa shape index (κ1) is 9.89. The van der Waals surface area contributed by atoms with Gasteiger partial charge in [-0.15, -0.1) is 0 Å². The number of nitrogens with two attached hydrogens (primary N) is 2. The Balaban J connectivity index is 2.63. The lowest BCUT2D eigenvalue weighted by Crippen LogP contribution is -2.23. The predicted octanol–water partition coefficient (Wildman–Crippen LogP) is 0.214. The van der Waals surface area contributed by atoms with E-state index in [1.54, 1.807) is 0 Å². The molecule has 1 unspecified atom stereocenters. The van der Waals surface area contributed by atoms with Crippen molar-refractivity contribution in [3.63, 3.8) is 0 Å². The summed E-state index contributed by atoms with van der Waals surface area (Å²) in [5.41, 5.74) is 13.1. The second kappa shape index (κ2) is 4.74. The molecule has 4 N–H and O–H groups in total. The van der Waals surface area contributed by atoms with Crippen molar-refractivity contribution in [3.8, 4) is 0 Å². The van der Waals surface area contributed by atoms with Crippen LogP contribution >= 0.6 is 0 Å². The minimum atomic E-state index is -0.399. The SMILES string of the molecule is NCc1ccc(CC(N)C=O)cc1. The molecule has 0 aliphatic carbocycles.